The van der Waals surface area contributed by atoms with Crippen molar-refractivity contribution in [1.82, 2.24) is 4.57 Å². The quantitative estimate of drug-likeness (QED) is 0.151. The van der Waals surface area contributed by atoms with Crippen LogP contribution in [-0.2, 0) is 5.41 Å². The van der Waals surface area contributed by atoms with E-state index in [0.717, 1.165) is 22.7 Å². The van der Waals surface area contributed by atoms with Crippen LogP contribution in [0.25, 0.3) is 91.8 Å². The van der Waals surface area contributed by atoms with Gasteiger partial charge in [0.15, 0.2) is 0 Å². The van der Waals surface area contributed by atoms with E-state index in [9.17, 15) is 0 Å². The third kappa shape index (κ3) is 5.82. The highest BCUT2D eigenvalue weighted by atomic mass is 32.1. The smallest absolute Gasteiger partial charge is 0.0776 e. The number of nitrogens with zero attached hydrogens (tertiary/aromatic N) is 2. The fourth-order valence-corrected chi connectivity index (χ4v) is 15.0. The van der Waals surface area contributed by atoms with E-state index in [1.165, 1.54) is 114 Å². The Morgan fingerprint density at radius 1 is 0.389 bits per heavy atom. The first-order valence-electron chi connectivity index (χ1n) is 25.2. The second-order valence-electron chi connectivity index (χ2n) is 20.8. The Bertz CT molecular complexity index is 4350. The molecule has 0 atom stereocenters. The van der Waals surface area contributed by atoms with Crippen molar-refractivity contribution in [3.05, 3.63) is 259 Å². The van der Waals surface area contributed by atoms with Gasteiger partial charge in [-0.2, -0.15) is 0 Å². The largest absolute Gasteiger partial charge is 0.310 e. The minimum Gasteiger partial charge on any atom is -0.310 e. The molecule has 4 heteroatoms. The predicted octanol–water partition coefficient (Wildman–Crippen LogP) is 18.3. The SMILES string of the molecule is C[Si](C)(C)c1cccc(-c2ccc3c(c2)C2(c4ccccc4-c4ccccc42)c2cc(N(c4ccc5sc6ccccc6c5c4)c4ccc5c(c4)c4ccccc4n5-c4ccccc4)c4ccccc4c2-3)c1. The van der Waals surface area contributed by atoms with E-state index in [0.29, 0.717) is 0 Å². The molecule has 0 saturated heterocycles. The van der Waals surface area contributed by atoms with Gasteiger partial charge >= 0.3 is 0 Å². The van der Waals surface area contributed by atoms with Crippen LogP contribution in [0.4, 0.5) is 17.1 Å². The summed E-state index contributed by atoms with van der Waals surface area (Å²) in [4.78, 5) is 2.57. The van der Waals surface area contributed by atoms with E-state index in [1.807, 2.05) is 11.3 Å². The van der Waals surface area contributed by atoms with Crippen LogP contribution in [0.1, 0.15) is 22.3 Å². The maximum Gasteiger partial charge on any atom is 0.0776 e. The van der Waals surface area contributed by atoms with Crippen molar-refractivity contribution in [3.63, 3.8) is 0 Å². The molecule has 15 rings (SSSR count). The molecule has 2 aliphatic rings. The summed E-state index contributed by atoms with van der Waals surface area (Å²) in [5.41, 5.74) is 19.5. The Morgan fingerprint density at radius 3 is 1.78 bits per heavy atom. The average Bonchev–Trinajstić information content (AvgIpc) is 4.14. The van der Waals surface area contributed by atoms with Crippen molar-refractivity contribution >= 4 is 94.4 Å². The molecule has 0 bridgehead atoms. The topological polar surface area (TPSA) is 8.17 Å². The number of rotatable bonds is 6. The lowest BCUT2D eigenvalue weighted by molar-refractivity contribution is 0.794. The van der Waals surface area contributed by atoms with Gasteiger partial charge in [0.1, 0.15) is 0 Å². The van der Waals surface area contributed by atoms with Crippen LogP contribution >= 0.6 is 11.3 Å². The maximum atomic E-state index is 2.59. The van der Waals surface area contributed by atoms with E-state index in [4.69, 9.17) is 0 Å². The first-order chi connectivity index (χ1) is 35.3. The molecule has 2 aliphatic carbocycles. The van der Waals surface area contributed by atoms with Gasteiger partial charge in [0.2, 0.25) is 0 Å². The lowest BCUT2D eigenvalue weighted by Gasteiger charge is -2.33. The number of aromatic nitrogens is 1. The van der Waals surface area contributed by atoms with E-state index in [2.05, 4.69) is 266 Å². The molecular weight excluding hydrogens is 905 g/mol. The molecule has 0 saturated carbocycles. The summed E-state index contributed by atoms with van der Waals surface area (Å²) in [5, 5.41) is 8.97. The number of fused-ring (bicyclic) bond motifs is 18. The Hall–Kier alpha value is -8.28. The van der Waals surface area contributed by atoms with Crippen molar-refractivity contribution in [2.24, 2.45) is 0 Å². The fourth-order valence-electron chi connectivity index (χ4n) is 12.7. The summed E-state index contributed by atoms with van der Waals surface area (Å²) in [5.74, 6) is 0. The summed E-state index contributed by atoms with van der Waals surface area (Å²) < 4.78 is 5.01. The normalized spacial score (nSPS) is 13.3. The molecule has 2 nitrogen and oxygen atoms in total. The van der Waals surface area contributed by atoms with Crippen LogP contribution in [0.15, 0.2) is 237 Å². The highest BCUT2D eigenvalue weighted by molar-refractivity contribution is 7.25. The maximum absolute atomic E-state index is 2.59. The van der Waals surface area contributed by atoms with Gasteiger partial charge in [-0.15, -0.1) is 11.3 Å². The molecule has 1 spiro atoms. The molecule has 0 amide bonds. The molecule has 72 heavy (non-hydrogen) atoms. The van der Waals surface area contributed by atoms with Crippen LogP contribution < -0.4 is 10.1 Å². The minimum absolute atomic E-state index is 0.574. The van der Waals surface area contributed by atoms with Crippen molar-refractivity contribution in [3.8, 4) is 39.1 Å². The number of hydrogen-bond acceptors (Lipinski definition) is 2. The number of thiophene rings is 1. The molecule has 0 radical (unpaired) electrons. The van der Waals surface area contributed by atoms with Gasteiger partial charge in [0, 0.05) is 53.4 Å². The van der Waals surface area contributed by atoms with Crippen molar-refractivity contribution < 1.29 is 0 Å². The molecule has 0 aliphatic heterocycles. The molecule has 2 heterocycles. The van der Waals surface area contributed by atoms with Crippen LogP contribution in [0.2, 0.25) is 19.6 Å². The number of anilines is 3. The molecule has 0 fully saturated rings. The van der Waals surface area contributed by atoms with Crippen LogP contribution in [0, 0.1) is 0 Å². The third-order valence-corrected chi connectivity index (χ3v) is 19.1. The summed E-state index contributed by atoms with van der Waals surface area (Å²) in [7, 11) is -1.57. The summed E-state index contributed by atoms with van der Waals surface area (Å²) >= 11 is 1.87. The van der Waals surface area contributed by atoms with Crippen LogP contribution in [0.5, 0.6) is 0 Å². The van der Waals surface area contributed by atoms with Gasteiger partial charge in [-0.3, -0.25) is 0 Å². The van der Waals surface area contributed by atoms with Crippen LogP contribution in [-0.4, -0.2) is 12.6 Å². The number of hydrogen-bond donors (Lipinski definition) is 0. The van der Waals surface area contributed by atoms with E-state index >= 15 is 0 Å². The summed E-state index contributed by atoms with van der Waals surface area (Å²) in [6.45, 7) is 7.33. The van der Waals surface area contributed by atoms with Gasteiger partial charge < -0.3 is 9.47 Å². The summed E-state index contributed by atoms with van der Waals surface area (Å²) in [6, 6.07) is 89.8. The fraction of sp³-hybridized carbons (Fsp3) is 0.0588. The zero-order chi connectivity index (χ0) is 47.9. The number of benzene rings is 11. The minimum atomic E-state index is -1.57. The van der Waals surface area contributed by atoms with E-state index in [1.54, 1.807) is 0 Å². The van der Waals surface area contributed by atoms with Crippen molar-refractivity contribution in [2.75, 3.05) is 4.90 Å². The monoisotopic (exact) mass is 952 g/mol. The highest BCUT2D eigenvalue weighted by Crippen LogP contribution is 2.65. The molecule has 13 aromatic rings. The summed E-state index contributed by atoms with van der Waals surface area (Å²) in [6.07, 6.45) is 0. The van der Waals surface area contributed by atoms with E-state index in [-0.39, 0.29) is 0 Å². The Kier molecular flexibility index (Phi) is 8.85. The first-order valence-corrected chi connectivity index (χ1v) is 29.5. The van der Waals surface area contributed by atoms with Crippen molar-refractivity contribution in [2.45, 2.75) is 25.1 Å². The van der Waals surface area contributed by atoms with Gasteiger partial charge in [-0.1, -0.05) is 189 Å². The second kappa shape index (κ2) is 15.4. The van der Waals surface area contributed by atoms with Gasteiger partial charge in [0.25, 0.3) is 0 Å². The van der Waals surface area contributed by atoms with E-state index < -0.39 is 13.5 Å². The average molecular weight is 953 g/mol. The molecule has 2 aromatic heterocycles. The molecule has 0 unspecified atom stereocenters. The molecule has 0 N–H and O–H groups in total. The Balaban J connectivity index is 1.05. The molecule has 340 valence electrons. The zero-order valence-corrected chi connectivity index (χ0v) is 42.1. The first kappa shape index (κ1) is 41.5. The van der Waals surface area contributed by atoms with Gasteiger partial charge in [0.05, 0.1) is 30.2 Å². The zero-order valence-electron chi connectivity index (χ0n) is 40.3. The van der Waals surface area contributed by atoms with Crippen molar-refractivity contribution in [1.29, 1.82) is 0 Å². The highest BCUT2D eigenvalue weighted by Gasteiger charge is 2.52. The predicted molar refractivity (Wildman–Crippen MR) is 311 cm³/mol. The molecule has 11 aromatic carbocycles. The Morgan fingerprint density at radius 2 is 1.00 bits per heavy atom. The lowest BCUT2D eigenvalue weighted by Crippen LogP contribution is -2.37. The standard InChI is InChI=1S/C68H48N2SSi/c1-72(2,3)48-21-17-18-43(38-48)44-32-35-55-60(39-44)68(58-28-13-9-22-49(58)50-23-10-14-29-59(50)68)61-42-64(51-24-7-8-27-54(51)67(55)61)69(47-34-37-66-57(41-47)53-26-12-16-31-65(53)71-66)46-33-36-63-56(40-46)52-25-11-15-30-62(52)70(63)45-19-5-4-6-20-45/h4-42H,1-3H3. The van der Waals surface area contributed by atoms with Gasteiger partial charge in [-0.05, 0) is 134 Å². The second-order valence-corrected chi connectivity index (χ2v) is 27.0. The molecular formula is C68H48N2SSi. The van der Waals surface area contributed by atoms with Crippen LogP contribution in [0.3, 0.4) is 0 Å². The Labute approximate surface area is 424 Å². The number of para-hydroxylation sites is 2. The lowest BCUT2D eigenvalue weighted by atomic mass is 9.70. The van der Waals surface area contributed by atoms with Gasteiger partial charge in [-0.25, -0.2) is 0 Å². The third-order valence-electron chi connectivity index (χ3n) is 15.9.